The Morgan fingerprint density at radius 2 is 0.528 bits per heavy atom. The predicted molar refractivity (Wildman–Crippen MR) is 165 cm³/mol. The van der Waals surface area contributed by atoms with E-state index in [-0.39, 0.29) is 0 Å². The average Bonchev–Trinajstić information content (AvgIpc) is 2.85. The van der Waals surface area contributed by atoms with Crippen LogP contribution in [0.2, 0.25) is 13.1 Å². The van der Waals surface area contributed by atoms with Crippen LogP contribution in [0.4, 0.5) is 0 Å². The van der Waals surface area contributed by atoms with E-state index in [9.17, 15) is 0 Å². The van der Waals surface area contributed by atoms with Crippen molar-refractivity contribution in [2.75, 3.05) is 0 Å². The molecule has 36 heavy (non-hydrogen) atoms. The van der Waals surface area contributed by atoms with E-state index in [4.69, 9.17) is 0 Å². The molecule has 0 N–H and O–H groups in total. The van der Waals surface area contributed by atoms with Crippen molar-refractivity contribution in [1.29, 1.82) is 0 Å². The Labute approximate surface area is 221 Å². The van der Waals surface area contributed by atoms with Crippen LogP contribution in [-0.2, 0) is 0 Å². The van der Waals surface area contributed by atoms with Gasteiger partial charge in [-0.05, 0) is 99.9 Å². The molecule has 4 aromatic carbocycles. The van der Waals surface area contributed by atoms with E-state index < -0.39 is 15.2 Å². The normalized spacial score (nSPS) is 12.2. The van der Waals surface area contributed by atoms with Crippen molar-refractivity contribution in [2.24, 2.45) is 0 Å². The predicted octanol–water partition coefficient (Wildman–Crippen LogP) is 6.32. The van der Waals surface area contributed by atoms with Gasteiger partial charge in [-0.3, -0.25) is 0 Å². The Bertz CT molecular complexity index is 1230. The van der Waals surface area contributed by atoms with Crippen molar-refractivity contribution in [3.63, 3.8) is 0 Å². The summed E-state index contributed by atoms with van der Waals surface area (Å²) in [6.07, 6.45) is 0. The Hall–Kier alpha value is -2.69. The monoisotopic (exact) mass is 506 g/mol. The lowest BCUT2D eigenvalue weighted by molar-refractivity contribution is 1.34. The minimum atomic E-state index is -2.36. The lowest BCUT2D eigenvalue weighted by Gasteiger charge is -2.48. The molecule has 4 rings (SSSR count). The first-order chi connectivity index (χ1) is 17.0. The topological polar surface area (TPSA) is 0 Å². The molecule has 0 heterocycles. The smallest absolute Gasteiger partial charge is 0.0628 e. The van der Waals surface area contributed by atoms with Gasteiger partial charge in [-0.15, -0.1) is 0 Å². The fourth-order valence-electron chi connectivity index (χ4n) is 6.54. The summed E-state index contributed by atoms with van der Waals surface area (Å²) in [6.45, 7) is 24.0. The maximum Gasteiger partial charge on any atom is 0.118 e. The van der Waals surface area contributed by atoms with Gasteiger partial charge in [-0.25, -0.2) is 0 Å². The van der Waals surface area contributed by atoms with Crippen molar-refractivity contribution in [2.45, 2.75) is 68.5 Å². The van der Waals surface area contributed by atoms with E-state index >= 15 is 0 Å². The summed E-state index contributed by atoms with van der Waals surface area (Å²) in [7, 11) is -4.72. The Balaban J connectivity index is 2.30. The summed E-state index contributed by atoms with van der Waals surface area (Å²) < 4.78 is 0. The summed E-state index contributed by atoms with van der Waals surface area (Å²) >= 11 is 0. The molecule has 2 heteroatoms. The second-order valence-corrected chi connectivity index (χ2v) is 23.9. The van der Waals surface area contributed by atoms with Gasteiger partial charge in [-0.1, -0.05) is 107 Å². The fraction of sp³-hybridized carbons (Fsp3) is 0.294. The minimum absolute atomic E-state index is 1.40. The summed E-state index contributed by atoms with van der Waals surface area (Å²) in [5, 5.41) is 6.42. The van der Waals surface area contributed by atoms with E-state index in [1.54, 1.807) is 20.7 Å². The van der Waals surface area contributed by atoms with Crippen LogP contribution in [0.15, 0.2) is 72.8 Å². The average molecular weight is 507 g/mol. The van der Waals surface area contributed by atoms with Crippen molar-refractivity contribution in [1.82, 2.24) is 0 Å². The molecule has 0 saturated carbocycles. The molecule has 4 aromatic rings. The van der Waals surface area contributed by atoms with Crippen LogP contribution in [0.25, 0.3) is 0 Å². The van der Waals surface area contributed by atoms with Gasteiger partial charge in [0.1, 0.15) is 15.2 Å². The zero-order valence-electron chi connectivity index (χ0n) is 23.9. The van der Waals surface area contributed by atoms with Gasteiger partial charge in [0.15, 0.2) is 0 Å². The first-order valence-corrected chi connectivity index (χ1v) is 19.2. The van der Waals surface area contributed by atoms with Gasteiger partial charge >= 0.3 is 0 Å². The maximum atomic E-state index is 2.70. The minimum Gasteiger partial charge on any atom is -0.0628 e. The van der Waals surface area contributed by atoms with Gasteiger partial charge in [-0.2, -0.15) is 0 Å². The number of rotatable bonds is 5. The van der Waals surface area contributed by atoms with E-state index in [1.807, 2.05) is 0 Å². The SMILES string of the molecule is Cc1cccc([Si](C)(c2cccc(C)c2C)[Si](C)(c2cccc(C)c2C)c2cccc(C)c2C)c1C. The molecule has 0 aromatic heterocycles. The van der Waals surface area contributed by atoms with Crippen LogP contribution in [0.3, 0.4) is 0 Å². The molecular weight excluding hydrogens is 465 g/mol. The second kappa shape index (κ2) is 9.65. The zero-order valence-corrected chi connectivity index (χ0v) is 25.9. The van der Waals surface area contributed by atoms with Crippen molar-refractivity contribution >= 4 is 35.9 Å². The quantitative estimate of drug-likeness (QED) is 0.278. The fourth-order valence-corrected chi connectivity index (χ4v) is 24.5. The number of hydrogen-bond donors (Lipinski definition) is 0. The van der Waals surface area contributed by atoms with Crippen LogP contribution in [-0.4, -0.2) is 15.2 Å². The summed E-state index contributed by atoms with van der Waals surface area (Å²) in [5.41, 5.74) is 11.5. The molecule has 0 atom stereocenters. The lowest BCUT2D eigenvalue weighted by atomic mass is 10.1. The van der Waals surface area contributed by atoms with Gasteiger partial charge in [0.05, 0.1) is 0 Å². The molecule has 0 saturated heterocycles. The molecule has 0 nitrogen and oxygen atoms in total. The van der Waals surface area contributed by atoms with E-state index in [2.05, 4.69) is 141 Å². The highest BCUT2D eigenvalue weighted by atomic mass is 29.3. The summed E-state index contributed by atoms with van der Waals surface area (Å²) in [4.78, 5) is 0. The van der Waals surface area contributed by atoms with Gasteiger partial charge in [0.25, 0.3) is 0 Å². The van der Waals surface area contributed by atoms with Gasteiger partial charge < -0.3 is 0 Å². The molecule has 0 bridgehead atoms. The number of aryl methyl sites for hydroxylation is 4. The third-order valence-corrected chi connectivity index (χ3v) is 27.3. The molecule has 0 spiro atoms. The maximum absolute atomic E-state index is 2.70. The van der Waals surface area contributed by atoms with Crippen LogP contribution >= 0.6 is 0 Å². The largest absolute Gasteiger partial charge is 0.118 e. The van der Waals surface area contributed by atoms with Crippen LogP contribution in [0, 0.1) is 55.4 Å². The highest BCUT2D eigenvalue weighted by Gasteiger charge is 2.55. The third kappa shape index (κ3) is 3.86. The van der Waals surface area contributed by atoms with Crippen molar-refractivity contribution in [3.8, 4) is 0 Å². The second-order valence-electron chi connectivity index (χ2n) is 11.2. The Morgan fingerprint density at radius 1 is 0.333 bits per heavy atom. The molecule has 0 amide bonds. The highest BCUT2D eigenvalue weighted by Crippen LogP contribution is 2.28. The summed E-state index contributed by atoms with van der Waals surface area (Å²) in [6, 6.07) is 28.2. The van der Waals surface area contributed by atoms with E-state index in [0.29, 0.717) is 0 Å². The van der Waals surface area contributed by atoms with Gasteiger partial charge in [0, 0.05) is 0 Å². The number of benzene rings is 4. The summed E-state index contributed by atoms with van der Waals surface area (Å²) in [5.74, 6) is 0. The zero-order chi connectivity index (χ0) is 26.4. The van der Waals surface area contributed by atoms with Crippen LogP contribution in [0.5, 0.6) is 0 Å². The molecule has 0 aliphatic heterocycles. The molecule has 0 fully saturated rings. The van der Waals surface area contributed by atoms with Gasteiger partial charge in [0.2, 0.25) is 0 Å². The molecule has 0 unspecified atom stereocenters. The van der Waals surface area contributed by atoms with Crippen molar-refractivity contribution in [3.05, 3.63) is 117 Å². The first kappa shape index (κ1) is 26.4. The third-order valence-electron chi connectivity index (χ3n) is 9.57. The molecule has 0 aliphatic rings. The standard InChI is InChI=1S/C34H42Si2/c1-23-15-11-19-31(27(23)5)35(9,32-20-12-16-24(2)28(32)6)36(10,33-21-13-17-25(3)29(33)7)34-22-14-18-26(4)30(34)8/h11-22H,1-10H3. The van der Waals surface area contributed by atoms with E-state index in [1.165, 1.54) is 44.5 Å². The lowest BCUT2D eigenvalue weighted by Crippen LogP contribution is -2.84. The highest BCUT2D eigenvalue weighted by molar-refractivity contribution is 7.59. The van der Waals surface area contributed by atoms with Crippen LogP contribution < -0.4 is 20.7 Å². The first-order valence-electron chi connectivity index (χ1n) is 13.2. The van der Waals surface area contributed by atoms with Crippen LogP contribution in [0.1, 0.15) is 44.5 Å². The van der Waals surface area contributed by atoms with E-state index in [0.717, 1.165) is 0 Å². The molecule has 186 valence electrons. The number of hydrogen-bond acceptors (Lipinski definition) is 0. The van der Waals surface area contributed by atoms with Crippen molar-refractivity contribution < 1.29 is 0 Å². The Kier molecular flexibility index (Phi) is 7.07. The molecule has 0 radical (unpaired) electrons. The Morgan fingerprint density at radius 3 is 0.722 bits per heavy atom. The molecular formula is C34H42Si2. The molecule has 0 aliphatic carbocycles.